The Labute approximate surface area is 145 Å². The Balaban J connectivity index is 2.11. The Kier molecular flexibility index (Phi) is 4.22. The van der Waals surface area contributed by atoms with E-state index in [1.165, 1.54) is 34.0 Å². The van der Waals surface area contributed by atoms with Crippen molar-refractivity contribution >= 4 is 22.7 Å². The summed E-state index contributed by atoms with van der Waals surface area (Å²) in [5.74, 6) is -1.23. The minimum absolute atomic E-state index is 0.00234. The zero-order chi connectivity index (χ0) is 19.1. The molecular weight excluding hydrogens is 353 g/mol. The number of fused-ring (bicyclic) bond motifs is 1. The second-order valence-electron chi connectivity index (χ2n) is 5.73. The number of nitro groups is 1. The van der Waals surface area contributed by atoms with E-state index < -0.39 is 16.9 Å². The molecule has 0 aliphatic rings. The van der Waals surface area contributed by atoms with Crippen LogP contribution in [0.25, 0.3) is 11.2 Å². The molecule has 0 aliphatic carbocycles. The fraction of sp³-hybridized carbons (Fsp3) is 0.267. The summed E-state index contributed by atoms with van der Waals surface area (Å²) in [6.07, 6.45) is -3.37. The molecule has 136 valence electrons. The molecule has 0 fully saturated rings. The number of aromatic nitrogens is 4. The van der Waals surface area contributed by atoms with Gasteiger partial charge in [0.25, 0.3) is 5.69 Å². The standard InChI is InChI=1S/C15H13F3N6O2/c1-22(2)12-11-13(21-14(20-12)15(16,17)18)23(8-19-11)7-9-4-3-5-10(6-9)24(25)26/h3-6,8H,7H2,1-2H3. The van der Waals surface area contributed by atoms with Crippen LogP contribution in [0.5, 0.6) is 0 Å². The highest BCUT2D eigenvalue weighted by Crippen LogP contribution is 2.31. The maximum Gasteiger partial charge on any atom is 0.451 e. The van der Waals surface area contributed by atoms with Gasteiger partial charge in [-0.2, -0.15) is 13.2 Å². The SMILES string of the molecule is CN(C)c1nc(C(F)(F)F)nc2c1ncn2Cc1cccc([N+](=O)[O-])c1. The molecule has 26 heavy (non-hydrogen) atoms. The Hall–Kier alpha value is -3.24. The summed E-state index contributed by atoms with van der Waals surface area (Å²) in [7, 11) is 3.11. The van der Waals surface area contributed by atoms with Crippen molar-refractivity contribution in [3.63, 3.8) is 0 Å². The zero-order valence-electron chi connectivity index (χ0n) is 13.7. The van der Waals surface area contributed by atoms with Crippen molar-refractivity contribution in [1.82, 2.24) is 19.5 Å². The predicted molar refractivity (Wildman–Crippen MR) is 86.9 cm³/mol. The zero-order valence-corrected chi connectivity index (χ0v) is 13.7. The number of halogens is 3. The van der Waals surface area contributed by atoms with E-state index >= 15 is 0 Å². The van der Waals surface area contributed by atoms with E-state index in [9.17, 15) is 23.3 Å². The topological polar surface area (TPSA) is 90.0 Å². The van der Waals surface area contributed by atoms with Gasteiger partial charge in [0.2, 0.25) is 5.82 Å². The summed E-state index contributed by atoms with van der Waals surface area (Å²) < 4.78 is 40.8. The van der Waals surface area contributed by atoms with Gasteiger partial charge in [-0.1, -0.05) is 12.1 Å². The monoisotopic (exact) mass is 366 g/mol. The number of nitro benzene ring substituents is 1. The minimum Gasteiger partial charge on any atom is -0.361 e. The number of anilines is 1. The third-order valence-electron chi connectivity index (χ3n) is 3.60. The molecule has 0 saturated carbocycles. The highest BCUT2D eigenvalue weighted by atomic mass is 19.4. The summed E-state index contributed by atoms with van der Waals surface area (Å²) in [5.41, 5.74) is 0.652. The molecule has 2 heterocycles. The van der Waals surface area contributed by atoms with Crippen LogP contribution in [0, 0.1) is 10.1 Å². The minimum atomic E-state index is -4.71. The van der Waals surface area contributed by atoms with Gasteiger partial charge in [-0.25, -0.2) is 15.0 Å². The van der Waals surface area contributed by atoms with Crippen LogP contribution in [0.2, 0.25) is 0 Å². The van der Waals surface area contributed by atoms with Crippen LogP contribution in [-0.2, 0) is 12.7 Å². The molecule has 0 bridgehead atoms. The van der Waals surface area contributed by atoms with E-state index in [0.717, 1.165) is 0 Å². The first-order valence-corrected chi connectivity index (χ1v) is 7.37. The molecule has 0 radical (unpaired) electrons. The van der Waals surface area contributed by atoms with Crippen LogP contribution < -0.4 is 4.90 Å². The van der Waals surface area contributed by atoms with E-state index in [1.54, 1.807) is 20.2 Å². The van der Waals surface area contributed by atoms with Crippen LogP contribution in [0.1, 0.15) is 11.4 Å². The van der Waals surface area contributed by atoms with E-state index in [1.807, 2.05) is 0 Å². The van der Waals surface area contributed by atoms with Gasteiger partial charge in [-0.3, -0.25) is 10.1 Å². The number of benzene rings is 1. The predicted octanol–water partition coefficient (Wildman–Crippen LogP) is 2.87. The average molecular weight is 366 g/mol. The lowest BCUT2D eigenvalue weighted by Gasteiger charge is -2.14. The quantitative estimate of drug-likeness (QED) is 0.521. The molecule has 11 heteroatoms. The fourth-order valence-electron chi connectivity index (χ4n) is 2.45. The average Bonchev–Trinajstić information content (AvgIpc) is 2.96. The molecule has 0 spiro atoms. The van der Waals surface area contributed by atoms with Crippen molar-refractivity contribution in [3.8, 4) is 0 Å². The van der Waals surface area contributed by atoms with Gasteiger partial charge in [-0.15, -0.1) is 0 Å². The van der Waals surface area contributed by atoms with Gasteiger partial charge < -0.3 is 9.47 Å². The third-order valence-corrected chi connectivity index (χ3v) is 3.60. The summed E-state index contributed by atoms with van der Waals surface area (Å²) in [6.45, 7) is 0.0827. The normalized spacial score (nSPS) is 11.7. The Morgan fingerprint density at radius 1 is 1.27 bits per heavy atom. The summed E-state index contributed by atoms with van der Waals surface area (Å²) in [4.78, 5) is 23.0. The van der Waals surface area contributed by atoms with Crippen molar-refractivity contribution in [2.45, 2.75) is 12.7 Å². The van der Waals surface area contributed by atoms with Crippen molar-refractivity contribution in [2.24, 2.45) is 0 Å². The van der Waals surface area contributed by atoms with Crippen LogP contribution in [0.15, 0.2) is 30.6 Å². The molecule has 0 atom stereocenters. The van der Waals surface area contributed by atoms with E-state index in [0.29, 0.717) is 5.56 Å². The second kappa shape index (κ2) is 6.24. The molecule has 8 nitrogen and oxygen atoms in total. The van der Waals surface area contributed by atoms with Gasteiger partial charge in [0.15, 0.2) is 17.0 Å². The highest BCUT2D eigenvalue weighted by molar-refractivity contribution is 5.83. The number of rotatable bonds is 4. The lowest BCUT2D eigenvalue weighted by molar-refractivity contribution is -0.384. The fourth-order valence-corrected chi connectivity index (χ4v) is 2.45. The Bertz CT molecular complexity index is 983. The third kappa shape index (κ3) is 3.27. The first kappa shape index (κ1) is 17.6. The summed E-state index contributed by atoms with van der Waals surface area (Å²) >= 11 is 0. The number of nitrogens with zero attached hydrogens (tertiary/aromatic N) is 6. The van der Waals surface area contributed by atoms with Gasteiger partial charge in [0, 0.05) is 26.2 Å². The molecule has 0 N–H and O–H groups in total. The molecule has 3 aromatic rings. The lowest BCUT2D eigenvalue weighted by atomic mass is 10.2. The molecular formula is C15H13F3N6O2. The van der Waals surface area contributed by atoms with Crippen LogP contribution in [0.4, 0.5) is 24.7 Å². The maximum absolute atomic E-state index is 13.1. The van der Waals surface area contributed by atoms with Gasteiger partial charge in [0.1, 0.15) is 0 Å². The van der Waals surface area contributed by atoms with Gasteiger partial charge in [-0.05, 0) is 5.56 Å². The second-order valence-corrected chi connectivity index (χ2v) is 5.73. The number of non-ortho nitro benzene ring substituents is 1. The van der Waals surface area contributed by atoms with Crippen molar-refractivity contribution in [3.05, 3.63) is 52.1 Å². The smallest absolute Gasteiger partial charge is 0.361 e. The summed E-state index contributed by atoms with van der Waals surface area (Å²) in [5, 5.41) is 10.9. The summed E-state index contributed by atoms with van der Waals surface area (Å²) in [6, 6.07) is 5.83. The first-order chi connectivity index (χ1) is 12.2. The van der Waals surface area contributed by atoms with E-state index in [2.05, 4.69) is 15.0 Å². The number of alkyl halides is 3. The van der Waals surface area contributed by atoms with Crippen LogP contribution >= 0.6 is 0 Å². The Morgan fingerprint density at radius 2 is 2.00 bits per heavy atom. The lowest BCUT2D eigenvalue weighted by Crippen LogP contribution is -2.18. The highest BCUT2D eigenvalue weighted by Gasteiger charge is 2.36. The van der Waals surface area contributed by atoms with E-state index in [-0.39, 0.29) is 29.2 Å². The van der Waals surface area contributed by atoms with E-state index in [4.69, 9.17) is 0 Å². The number of hydrogen-bond donors (Lipinski definition) is 0. The van der Waals surface area contributed by atoms with Gasteiger partial charge >= 0.3 is 6.18 Å². The van der Waals surface area contributed by atoms with Crippen LogP contribution in [-0.4, -0.2) is 38.5 Å². The number of imidazole rings is 1. The maximum atomic E-state index is 13.1. The molecule has 0 amide bonds. The molecule has 2 aromatic heterocycles. The Morgan fingerprint density at radius 3 is 2.62 bits per heavy atom. The van der Waals surface area contributed by atoms with Crippen molar-refractivity contribution in [2.75, 3.05) is 19.0 Å². The van der Waals surface area contributed by atoms with Gasteiger partial charge in [0.05, 0.1) is 17.8 Å². The first-order valence-electron chi connectivity index (χ1n) is 7.37. The van der Waals surface area contributed by atoms with Crippen molar-refractivity contribution < 1.29 is 18.1 Å². The number of hydrogen-bond acceptors (Lipinski definition) is 6. The van der Waals surface area contributed by atoms with Crippen molar-refractivity contribution in [1.29, 1.82) is 0 Å². The molecule has 1 aromatic carbocycles. The molecule has 0 aliphatic heterocycles. The molecule has 0 unspecified atom stereocenters. The molecule has 0 saturated heterocycles. The molecule has 3 rings (SSSR count). The largest absolute Gasteiger partial charge is 0.451 e. The van der Waals surface area contributed by atoms with Crippen LogP contribution in [0.3, 0.4) is 0 Å².